The number of benzene rings is 2. The zero-order valence-corrected chi connectivity index (χ0v) is 20.5. The van der Waals surface area contributed by atoms with E-state index in [1.807, 2.05) is 59.4 Å². The zero-order valence-electron chi connectivity index (χ0n) is 19.7. The molecule has 0 radical (unpaired) electrons. The van der Waals surface area contributed by atoms with Crippen LogP contribution in [0, 0.1) is 0 Å². The standard InChI is InChI=1S/C28H24ClN3O4/c1-28(2)35-26(33)24(27(34)36-28)23(17-10-12-18(29)13-11-17)25(32-14-6-3-7-15-32)22-16-20(30)19-8-4-5-9-21(19)31-22/h3-16,23,25H,1-2H3,(H2-,30,31,33,34). The number of cyclic esters (lactones) is 1. The van der Waals surface area contributed by atoms with Crippen molar-refractivity contribution in [2.24, 2.45) is 0 Å². The molecule has 4 aromatic rings. The minimum Gasteiger partial charge on any atom is -0.575 e. The number of esters is 1. The maximum Gasteiger partial charge on any atom is 0.338 e. The van der Waals surface area contributed by atoms with E-state index in [1.54, 1.807) is 30.3 Å². The minimum absolute atomic E-state index is 0.133. The van der Waals surface area contributed by atoms with E-state index >= 15 is 0 Å². The average molecular weight is 502 g/mol. The third-order valence-corrected chi connectivity index (χ3v) is 6.36. The van der Waals surface area contributed by atoms with Crippen molar-refractivity contribution < 1.29 is 23.9 Å². The van der Waals surface area contributed by atoms with E-state index in [1.165, 1.54) is 13.8 Å². The summed E-state index contributed by atoms with van der Waals surface area (Å²) in [6.07, 6.45) is 3.70. The number of pyridine rings is 2. The number of carbonyl (C=O) groups is 1. The van der Waals surface area contributed by atoms with Gasteiger partial charge in [-0.2, -0.15) is 4.57 Å². The Bertz CT molecular complexity index is 1470. The van der Waals surface area contributed by atoms with Crippen LogP contribution in [0.4, 0.5) is 5.69 Å². The first-order valence-corrected chi connectivity index (χ1v) is 11.8. The number of carbonyl (C=O) groups excluding carboxylic acids is 1. The lowest BCUT2D eigenvalue weighted by molar-refractivity contribution is -0.716. The largest absolute Gasteiger partial charge is 0.575 e. The first-order chi connectivity index (χ1) is 17.2. The maximum atomic E-state index is 13.3. The van der Waals surface area contributed by atoms with Gasteiger partial charge in [-0.25, -0.2) is 9.78 Å². The predicted molar refractivity (Wildman–Crippen MR) is 133 cm³/mol. The molecule has 36 heavy (non-hydrogen) atoms. The van der Waals surface area contributed by atoms with Crippen LogP contribution in [0.25, 0.3) is 10.9 Å². The van der Waals surface area contributed by atoms with Gasteiger partial charge in [-0.05, 0) is 43.7 Å². The Hall–Kier alpha value is -4.10. The van der Waals surface area contributed by atoms with Gasteiger partial charge in [0.2, 0.25) is 6.04 Å². The Balaban J connectivity index is 1.80. The summed E-state index contributed by atoms with van der Waals surface area (Å²) < 4.78 is 12.9. The molecule has 2 N–H and O–H groups in total. The number of aromatic nitrogens is 2. The molecule has 0 saturated heterocycles. The van der Waals surface area contributed by atoms with Crippen LogP contribution in [0.2, 0.25) is 5.02 Å². The molecule has 7 nitrogen and oxygen atoms in total. The second-order valence-electron chi connectivity index (χ2n) is 9.04. The highest BCUT2D eigenvalue weighted by molar-refractivity contribution is 6.30. The van der Waals surface area contributed by atoms with Gasteiger partial charge in [0.05, 0.1) is 23.0 Å². The van der Waals surface area contributed by atoms with Crippen LogP contribution in [0.5, 0.6) is 0 Å². The normalized spacial score (nSPS) is 16.8. The van der Waals surface area contributed by atoms with Gasteiger partial charge in [0.1, 0.15) is 5.69 Å². The number of para-hydroxylation sites is 1. The molecule has 0 spiro atoms. The smallest absolute Gasteiger partial charge is 0.338 e. The molecule has 0 saturated carbocycles. The molecule has 8 heteroatoms. The van der Waals surface area contributed by atoms with Crippen LogP contribution in [-0.4, -0.2) is 16.7 Å². The van der Waals surface area contributed by atoms with Gasteiger partial charge in [-0.15, -0.1) is 0 Å². The third kappa shape index (κ3) is 4.45. The van der Waals surface area contributed by atoms with Crippen molar-refractivity contribution in [2.45, 2.75) is 31.6 Å². The molecular formula is C28H24ClN3O4. The monoisotopic (exact) mass is 501 g/mol. The summed E-state index contributed by atoms with van der Waals surface area (Å²) in [5.41, 5.74) is 8.78. The van der Waals surface area contributed by atoms with Crippen molar-refractivity contribution in [2.75, 3.05) is 5.73 Å². The highest BCUT2D eigenvalue weighted by Crippen LogP contribution is 2.42. The quantitative estimate of drug-likeness (QED) is 0.327. The van der Waals surface area contributed by atoms with E-state index in [0.717, 1.165) is 5.39 Å². The number of anilines is 1. The molecule has 2 unspecified atom stereocenters. The van der Waals surface area contributed by atoms with Gasteiger partial charge in [-0.3, -0.25) is 0 Å². The Morgan fingerprint density at radius 1 is 1.00 bits per heavy atom. The first kappa shape index (κ1) is 23.6. The van der Waals surface area contributed by atoms with Gasteiger partial charge in [0.25, 0.3) is 0 Å². The molecule has 0 fully saturated rings. The van der Waals surface area contributed by atoms with Crippen molar-refractivity contribution >= 4 is 34.2 Å². The number of nitrogens with two attached hydrogens (primary N) is 1. The Morgan fingerprint density at radius 3 is 2.39 bits per heavy atom. The Kier molecular flexibility index (Phi) is 6.02. The van der Waals surface area contributed by atoms with E-state index in [0.29, 0.717) is 27.5 Å². The van der Waals surface area contributed by atoms with Crippen molar-refractivity contribution in [1.29, 1.82) is 0 Å². The summed E-state index contributed by atoms with van der Waals surface area (Å²) in [6.45, 7) is 3.04. The number of ether oxygens (including phenoxy) is 2. The molecule has 0 amide bonds. The van der Waals surface area contributed by atoms with E-state index in [-0.39, 0.29) is 5.57 Å². The lowest BCUT2D eigenvalue weighted by Crippen LogP contribution is -2.48. The van der Waals surface area contributed by atoms with Crippen LogP contribution < -0.4 is 15.4 Å². The maximum absolute atomic E-state index is 13.3. The fourth-order valence-electron chi connectivity index (χ4n) is 4.56. The van der Waals surface area contributed by atoms with Crippen molar-refractivity contribution in [3.63, 3.8) is 0 Å². The van der Waals surface area contributed by atoms with Crippen molar-refractivity contribution in [3.05, 3.63) is 113 Å². The topological polar surface area (TPSA) is 101 Å². The van der Waals surface area contributed by atoms with Crippen molar-refractivity contribution in [3.8, 4) is 0 Å². The van der Waals surface area contributed by atoms with Gasteiger partial charge in [0.15, 0.2) is 18.2 Å². The summed E-state index contributed by atoms with van der Waals surface area (Å²) in [7, 11) is 0. The van der Waals surface area contributed by atoms with Crippen LogP contribution >= 0.6 is 11.6 Å². The van der Waals surface area contributed by atoms with Crippen molar-refractivity contribution in [1.82, 2.24) is 4.98 Å². The molecule has 0 aliphatic carbocycles. The lowest BCUT2D eigenvalue weighted by Gasteiger charge is -2.41. The molecule has 0 bridgehead atoms. The third-order valence-electron chi connectivity index (χ3n) is 6.10. The van der Waals surface area contributed by atoms with Crippen LogP contribution in [0.3, 0.4) is 0 Å². The number of halogens is 1. The molecule has 1 aliphatic heterocycles. The number of rotatable bonds is 5. The number of hydrogen-bond donors (Lipinski definition) is 1. The SMILES string of the molecule is CC1(C)OC(=O)C(C(c2ccc(Cl)cc2)C(c2cc(N)c3ccccc3n2)[n+]2ccccc2)=C([O-])O1. The Labute approximate surface area is 213 Å². The van der Waals surface area contributed by atoms with Gasteiger partial charge >= 0.3 is 5.97 Å². The minimum atomic E-state index is -1.37. The summed E-state index contributed by atoms with van der Waals surface area (Å²) in [6, 6.07) is 21.3. The van der Waals surface area contributed by atoms with E-state index < -0.39 is 29.7 Å². The second-order valence-corrected chi connectivity index (χ2v) is 9.48. The molecule has 2 aromatic heterocycles. The van der Waals surface area contributed by atoms with Gasteiger partial charge < -0.3 is 20.3 Å². The van der Waals surface area contributed by atoms with E-state index in [4.69, 9.17) is 31.8 Å². The molecular weight excluding hydrogens is 478 g/mol. The van der Waals surface area contributed by atoms with Crippen LogP contribution in [0.15, 0.2) is 96.7 Å². The highest BCUT2D eigenvalue weighted by Gasteiger charge is 2.43. The average Bonchev–Trinajstić information content (AvgIpc) is 2.83. The number of fused-ring (bicyclic) bond motifs is 1. The van der Waals surface area contributed by atoms with Gasteiger partial charge in [-0.1, -0.05) is 48.0 Å². The summed E-state index contributed by atoms with van der Waals surface area (Å²) >= 11 is 6.17. The number of nitrogens with zero attached hydrogens (tertiary/aromatic N) is 2. The second kappa shape index (κ2) is 9.17. The van der Waals surface area contributed by atoms with E-state index in [2.05, 4.69) is 0 Å². The summed E-state index contributed by atoms with van der Waals surface area (Å²) in [5, 5.41) is 14.6. The van der Waals surface area contributed by atoms with Crippen LogP contribution in [-0.2, 0) is 14.3 Å². The Morgan fingerprint density at radius 2 is 1.69 bits per heavy atom. The predicted octanol–water partition coefficient (Wildman–Crippen LogP) is 4.01. The fourth-order valence-corrected chi connectivity index (χ4v) is 4.69. The molecule has 1 aliphatic rings. The fraction of sp³-hybridized carbons (Fsp3) is 0.179. The number of hydrogen-bond acceptors (Lipinski definition) is 6. The molecule has 5 rings (SSSR count). The molecule has 2 atom stereocenters. The molecule has 3 heterocycles. The summed E-state index contributed by atoms with van der Waals surface area (Å²) in [4.78, 5) is 18.2. The highest BCUT2D eigenvalue weighted by atomic mass is 35.5. The van der Waals surface area contributed by atoms with E-state index in [9.17, 15) is 9.90 Å². The number of nitrogen functional groups attached to an aromatic ring is 1. The molecule has 182 valence electrons. The van der Waals surface area contributed by atoms with Crippen LogP contribution in [0.1, 0.15) is 37.1 Å². The first-order valence-electron chi connectivity index (χ1n) is 11.4. The molecule has 2 aromatic carbocycles. The van der Waals surface area contributed by atoms with Gasteiger partial charge in [0, 0.05) is 28.2 Å². The zero-order chi connectivity index (χ0) is 25.4. The lowest BCUT2D eigenvalue weighted by atomic mass is 9.82. The summed E-state index contributed by atoms with van der Waals surface area (Å²) in [5.74, 6) is -3.68.